The van der Waals surface area contributed by atoms with Gasteiger partial charge in [-0.2, -0.15) is 0 Å². The van der Waals surface area contributed by atoms with E-state index in [-0.39, 0.29) is 11.3 Å². The first-order valence-corrected chi connectivity index (χ1v) is 8.30. The first kappa shape index (κ1) is 19.2. The minimum absolute atomic E-state index is 0.0772. The molecule has 1 aliphatic rings. The van der Waals surface area contributed by atoms with Gasteiger partial charge in [-0.25, -0.2) is 4.39 Å². The van der Waals surface area contributed by atoms with Gasteiger partial charge in [0.05, 0.1) is 26.9 Å². The Morgan fingerprint density at radius 2 is 1.46 bits per heavy atom. The Morgan fingerprint density at radius 3 is 1.96 bits per heavy atom. The molecule has 3 rings (SSSR count). The van der Waals surface area contributed by atoms with Crippen molar-refractivity contribution in [2.45, 2.75) is 0 Å². The number of amides is 2. The molecule has 1 heterocycles. The molecule has 146 valence electrons. The maximum absolute atomic E-state index is 13.3. The average molecular weight is 386 g/mol. The van der Waals surface area contributed by atoms with E-state index in [0.29, 0.717) is 28.5 Å². The molecule has 0 aromatic heterocycles. The quantitative estimate of drug-likeness (QED) is 0.770. The maximum Gasteiger partial charge on any atom is 0.277 e. The number of nitrogens with zero attached hydrogens (tertiary/aromatic N) is 1. The van der Waals surface area contributed by atoms with Gasteiger partial charge in [-0.1, -0.05) is 12.1 Å². The Hall–Kier alpha value is -3.55. The molecule has 0 radical (unpaired) electrons. The molecule has 28 heavy (non-hydrogen) atoms. The molecule has 0 bridgehead atoms. The lowest BCUT2D eigenvalue weighted by Crippen LogP contribution is -2.27. The highest BCUT2D eigenvalue weighted by Gasteiger charge is 2.37. The Balaban J connectivity index is 2.11. The predicted octanol–water partition coefficient (Wildman–Crippen LogP) is 2.67. The van der Waals surface area contributed by atoms with Gasteiger partial charge < -0.3 is 19.5 Å². The zero-order valence-electron chi connectivity index (χ0n) is 15.8. The van der Waals surface area contributed by atoms with Gasteiger partial charge in [0.2, 0.25) is 5.75 Å². The van der Waals surface area contributed by atoms with Crippen LogP contribution in [0.5, 0.6) is 17.2 Å². The summed E-state index contributed by atoms with van der Waals surface area (Å²) in [6.45, 7) is 0. The fraction of sp³-hybridized carbons (Fsp3) is 0.200. The number of anilines is 1. The third-order valence-electron chi connectivity index (χ3n) is 4.35. The second-order valence-corrected chi connectivity index (χ2v) is 5.97. The summed E-state index contributed by atoms with van der Waals surface area (Å²) < 4.78 is 29.2. The molecule has 0 atom stereocenters. The number of methoxy groups -OCH3 is 3. The zero-order chi connectivity index (χ0) is 20.4. The number of rotatable bonds is 6. The van der Waals surface area contributed by atoms with E-state index in [2.05, 4.69) is 5.32 Å². The summed E-state index contributed by atoms with van der Waals surface area (Å²) in [6.07, 6.45) is 0. The van der Waals surface area contributed by atoms with Crippen LogP contribution in [0.3, 0.4) is 0 Å². The average Bonchev–Trinajstić information content (AvgIpc) is 2.91. The van der Waals surface area contributed by atoms with Crippen LogP contribution >= 0.6 is 0 Å². The smallest absolute Gasteiger partial charge is 0.277 e. The maximum atomic E-state index is 13.3. The fourth-order valence-electron chi connectivity index (χ4n) is 2.94. The third-order valence-corrected chi connectivity index (χ3v) is 4.35. The van der Waals surface area contributed by atoms with E-state index in [9.17, 15) is 14.0 Å². The number of hydrogen-bond donors (Lipinski definition) is 1. The summed E-state index contributed by atoms with van der Waals surface area (Å²) in [7, 11) is 5.82. The SMILES string of the molecule is COc1cc(NC2=C(c3ccc(F)cc3)C(=O)N(C)C2=O)cc(OC)c1OC. The van der Waals surface area contributed by atoms with Gasteiger partial charge >= 0.3 is 0 Å². The molecule has 0 fully saturated rings. The van der Waals surface area contributed by atoms with Crippen LogP contribution in [0.25, 0.3) is 5.57 Å². The van der Waals surface area contributed by atoms with Crippen molar-refractivity contribution in [3.05, 3.63) is 53.5 Å². The molecule has 2 aromatic rings. The van der Waals surface area contributed by atoms with E-state index in [1.54, 1.807) is 12.1 Å². The van der Waals surface area contributed by atoms with Crippen molar-refractivity contribution >= 4 is 23.1 Å². The van der Waals surface area contributed by atoms with Gasteiger partial charge in [0.15, 0.2) is 11.5 Å². The molecule has 0 saturated carbocycles. The van der Waals surface area contributed by atoms with Crippen molar-refractivity contribution in [1.82, 2.24) is 4.90 Å². The number of hydrogen-bond acceptors (Lipinski definition) is 6. The van der Waals surface area contributed by atoms with E-state index < -0.39 is 17.6 Å². The minimum Gasteiger partial charge on any atom is -0.493 e. The van der Waals surface area contributed by atoms with E-state index in [0.717, 1.165) is 4.90 Å². The Labute approximate surface area is 161 Å². The number of benzene rings is 2. The summed E-state index contributed by atoms with van der Waals surface area (Å²) in [5.74, 6) is -0.246. The number of ether oxygens (including phenoxy) is 3. The van der Waals surface area contributed by atoms with Crippen molar-refractivity contribution in [3.63, 3.8) is 0 Å². The van der Waals surface area contributed by atoms with E-state index in [4.69, 9.17) is 14.2 Å². The predicted molar refractivity (Wildman–Crippen MR) is 101 cm³/mol. The lowest BCUT2D eigenvalue weighted by atomic mass is 10.0. The molecule has 2 amide bonds. The number of imide groups is 1. The Kier molecular flexibility index (Phi) is 5.21. The van der Waals surface area contributed by atoms with Gasteiger partial charge in [-0.15, -0.1) is 0 Å². The summed E-state index contributed by atoms with van der Waals surface area (Å²) in [5.41, 5.74) is 1.12. The van der Waals surface area contributed by atoms with E-state index in [1.165, 1.54) is 52.6 Å². The highest BCUT2D eigenvalue weighted by atomic mass is 19.1. The van der Waals surface area contributed by atoms with Crippen molar-refractivity contribution in [2.24, 2.45) is 0 Å². The first-order valence-electron chi connectivity index (χ1n) is 8.30. The summed E-state index contributed by atoms with van der Waals surface area (Å²) >= 11 is 0. The largest absolute Gasteiger partial charge is 0.493 e. The van der Waals surface area contributed by atoms with Crippen LogP contribution in [-0.2, 0) is 9.59 Å². The lowest BCUT2D eigenvalue weighted by molar-refractivity contribution is -0.135. The van der Waals surface area contributed by atoms with Crippen LogP contribution in [0.2, 0.25) is 0 Å². The van der Waals surface area contributed by atoms with Gasteiger partial charge in [-0.3, -0.25) is 14.5 Å². The van der Waals surface area contributed by atoms with E-state index in [1.807, 2.05) is 0 Å². The van der Waals surface area contributed by atoms with Crippen molar-refractivity contribution in [2.75, 3.05) is 33.7 Å². The number of nitrogens with one attached hydrogen (secondary N) is 1. The molecular weight excluding hydrogens is 367 g/mol. The monoisotopic (exact) mass is 386 g/mol. The highest BCUT2D eigenvalue weighted by molar-refractivity contribution is 6.36. The molecular formula is C20H19FN2O5. The third kappa shape index (κ3) is 3.24. The van der Waals surface area contributed by atoms with Crippen LogP contribution in [0, 0.1) is 5.82 Å². The second-order valence-electron chi connectivity index (χ2n) is 5.97. The van der Waals surface area contributed by atoms with Crippen LogP contribution in [0.15, 0.2) is 42.1 Å². The number of likely N-dealkylation sites (N-methyl/N-ethyl adjacent to an activating group) is 1. The second kappa shape index (κ2) is 7.59. The van der Waals surface area contributed by atoms with Crippen LogP contribution in [-0.4, -0.2) is 45.1 Å². The molecule has 0 saturated heterocycles. The fourth-order valence-corrected chi connectivity index (χ4v) is 2.94. The van der Waals surface area contributed by atoms with Crippen LogP contribution in [0.1, 0.15) is 5.56 Å². The van der Waals surface area contributed by atoms with Gasteiger partial charge in [0.1, 0.15) is 11.5 Å². The van der Waals surface area contributed by atoms with Gasteiger partial charge in [-0.05, 0) is 17.7 Å². The Morgan fingerprint density at radius 1 is 0.893 bits per heavy atom. The number of carbonyl (C=O) groups is 2. The number of carbonyl (C=O) groups excluding carboxylic acids is 2. The van der Waals surface area contributed by atoms with Crippen LogP contribution in [0.4, 0.5) is 10.1 Å². The van der Waals surface area contributed by atoms with Crippen molar-refractivity contribution in [1.29, 1.82) is 0 Å². The molecule has 8 heteroatoms. The van der Waals surface area contributed by atoms with Gasteiger partial charge in [0, 0.05) is 24.9 Å². The summed E-state index contributed by atoms with van der Waals surface area (Å²) in [6, 6.07) is 8.60. The first-order chi connectivity index (χ1) is 13.4. The topological polar surface area (TPSA) is 77.1 Å². The number of halogens is 1. The standard InChI is InChI=1S/C20H19FN2O5/c1-23-19(24)16(11-5-7-12(21)8-6-11)17(20(23)25)22-13-9-14(26-2)18(28-4)15(10-13)27-3/h5-10,22H,1-4H3. The molecule has 1 N–H and O–H groups in total. The normalized spacial score (nSPS) is 13.8. The molecule has 0 spiro atoms. The van der Waals surface area contributed by atoms with E-state index >= 15 is 0 Å². The molecule has 0 aliphatic carbocycles. The molecule has 7 nitrogen and oxygen atoms in total. The molecule has 1 aliphatic heterocycles. The highest BCUT2D eigenvalue weighted by Crippen LogP contribution is 2.41. The van der Waals surface area contributed by atoms with Crippen molar-refractivity contribution < 1.29 is 28.2 Å². The molecule has 2 aromatic carbocycles. The van der Waals surface area contributed by atoms with Gasteiger partial charge in [0.25, 0.3) is 11.8 Å². The summed E-state index contributed by atoms with van der Waals surface area (Å²) in [5, 5.41) is 2.97. The Bertz CT molecular complexity index is 944. The lowest BCUT2D eigenvalue weighted by Gasteiger charge is -2.15. The van der Waals surface area contributed by atoms with Crippen LogP contribution < -0.4 is 19.5 Å². The summed E-state index contributed by atoms with van der Waals surface area (Å²) in [4.78, 5) is 26.2. The molecule has 0 unspecified atom stereocenters. The van der Waals surface area contributed by atoms with Crippen molar-refractivity contribution in [3.8, 4) is 17.2 Å². The zero-order valence-corrected chi connectivity index (χ0v) is 15.8. The minimum atomic E-state index is -0.502.